The van der Waals surface area contributed by atoms with Gasteiger partial charge in [-0.3, -0.25) is 15.0 Å². The highest BCUT2D eigenvalue weighted by Gasteiger charge is 2.16. The second kappa shape index (κ2) is 7.36. The van der Waals surface area contributed by atoms with E-state index in [1.807, 2.05) is 13.0 Å². The van der Waals surface area contributed by atoms with Crippen LogP contribution in [0.3, 0.4) is 0 Å². The summed E-state index contributed by atoms with van der Waals surface area (Å²) in [5.41, 5.74) is 8.97. The predicted molar refractivity (Wildman–Crippen MR) is 113 cm³/mol. The Balaban J connectivity index is 1.70. The second-order valence-electron chi connectivity index (χ2n) is 6.45. The van der Waals surface area contributed by atoms with Crippen LogP contribution in [0.2, 0.25) is 5.02 Å². The Bertz CT molecular complexity index is 1240. The minimum atomic E-state index is -0.452. The van der Waals surface area contributed by atoms with Gasteiger partial charge in [-0.2, -0.15) is 5.10 Å². The zero-order valence-corrected chi connectivity index (χ0v) is 16.4. The minimum Gasteiger partial charge on any atom is -0.383 e. The van der Waals surface area contributed by atoms with Crippen molar-refractivity contribution in [3.63, 3.8) is 0 Å². The average molecular weight is 409 g/mol. The van der Waals surface area contributed by atoms with Gasteiger partial charge in [-0.1, -0.05) is 11.6 Å². The van der Waals surface area contributed by atoms with Crippen molar-refractivity contribution in [3.05, 3.63) is 53.7 Å². The molecule has 0 radical (unpaired) electrons. The van der Waals surface area contributed by atoms with Crippen LogP contribution >= 0.6 is 11.6 Å². The van der Waals surface area contributed by atoms with E-state index in [0.717, 1.165) is 11.1 Å². The molecule has 146 valence electrons. The third kappa shape index (κ3) is 3.67. The number of pyridine rings is 3. The number of hydrogen-bond donors (Lipinski definition) is 3. The maximum atomic E-state index is 12.2. The molecule has 4 heterocycles. The highest BCUT2D eigenvalue weighted by Crippen LogP contribution is 2.36. The Kier molecular flexibility index (Phi) is 4.73. The lowest BCUT2D eigenvalue weighted by Gasteiger charge is -2.12. The lowest BCUT2D eigenvalue weighted by Crippen LogP contribution is -2.19. The molecule has 4 N–H and O–H groups in total. The highest BCUT2D eigenvalue weighted by atomic mass is 35.5. The molecule has 9 nitrogen and oxygen atoms in total. The zero-order valence-electron chi connectivity index (χ0n) is 15.6. The Labute approximate surface area is 170 Å². The number of amides is 2. The molecule has 0 spiro atoms. The summed E-state index contributed by atoms with van der Waals surface area (Å²) < 4.78 is 1.58. The maximum Gasteiger partial charge on any atom is 0.324 e. The van der Waals surface area contributed by atoms with Crippen molar-refractivity contribution >= 4 is 45.7 Å². The average Bonchev–Trinajstić information content (AvgIpc) is 3.09. The SMILES string of the molecule is Cc1ccncc1-c1nc(N)c2cnc(NC(=O)Nc3cnn(C)c3)cc2c1Cl. The Morgan fingerprint density at radius 2 is 2.03 bits per heavy atom. The second-order valence-corrected chi connectivity index (χ2v) is 6.83. The van der Waals surface area contributed by atoms with Gasteiger partial charge in [0.05, 0.1) is 22.6 Å². The first-order valence-electron chi connectivity index (χ1n) is 8.64. The lowest BCUT2D eigenvalue weighted by molar-refractivity contribution is 0.262. The van der Waals surface area contributed by atoms with Crippen molar-refractivity contribution in [3.8, 4) is 11.3 Å². The molecule has 0 saturated heterocycles. The molecular formula is C19H17ClN8O. The molecule has 0 fully saturated rings. The number of nitrogens with one attached hydrogen (secondary N) is 2. The van der Waals surface area contributed by atoms with Gasteiger partial charge in [0, 0.05) is 48.2 Å². The molecule has 0 aliphatic carbocycles. The number of aromatic nitrogens is 5. The van der Waals surface area contributed by atoms with Crippen LogP contribution in [0.25, 0.3) is 22.0 Å². The number of carbonyl (C=O) groups is 1. The van der Waals surface area contributed by atoms with E-state index in [1.54, 1.807) is 42.6 Å². The normalized spacial score (nSPS) is 10.9. The zero-order chi connectivity index (χ0) is 20.5. The number of nitrogen functional groups attached to an aromatic ring is 1. The topological polar surface area (TPSA) is 124 Å². The summed E-state index contributed by atoms with van der Waals surface area (Å²) in [5, 5.41) is 11.0. The molecule has 10 heteroatoms. The monoisotopic (exact) mass is 408 g/mol. The maximum absolute atomic E-state index is 12.2. The van der Waals surface area contributed by atoms with E-state index in [0.29, 0.717) is 38.8 Å². The van der Waals surface area contributed by atoms with E-state index in [4.69, 9.17) is 17.3 Å². The van der Waals surface area contributed by atoms with Crippen molar-refractivity contribution in [2.75, 3.05) is 16.4 Å². The number of halogens is 1. The van der Waals surface area contributed by atoms with Gasteiger partial charge in [0.25, 0.3) is 0 Å². The van der Waals surface area contributed by atoms with Gasteiger partial charge in [0.1, 0.15) is 11.6 Å². The van der Waals surface area contributed by atoms with Gasteiger partial charge >= 0.3 is 6.03 Å². The van der Waals surface area contributed by atoms with Gasteiger partial charge in [-0.05, 0) is 24.6 Å². The van der Waals surface area contributed by atoms with Gasteiger partial charge in [0.15, 0.2) is 0 Å². The number of aryl methyl sites for hydroxylation is 2. The molecule has 4 aromatic heterocycles. The first-order valence-corrected chi connectivity index (χ1v) is 9.02. The number of carbonyl (C=O) groups excluding carboxylic acids is 1. The van der Waals surface area contributed by atoms with Crippen LogP contribution in [0.1, 0.15) is 5.56 Å². The number of rotatable bonds is 3. The van der Waals surface area contributed by atoms with Crippen molar-refractivity contribution in [2.24, 2.45) is 7.05 Å². The molecule has 0 bridgehead atoms. The van der Waals surface area contributed by atoms with Crippen LogP contribution in [0, 0.1) is 6.92 Å². The standard InChI is InChI=1S/C19H17ClN8O/c1-10-3-4-22-7-13(10)17-16(20)12-5-15(23-8-14(12)18(21)27-17)26-19(29)25-11-6-24-28(2)9-11/h3-9H,1-2H3,(H2,21,27)(H2,23,25,26,29). The fourth-order valence-electron chi connectivity index (χ4n) is 2.92. The van der Waals surface area contributed by atoms with E-state index in [2.05, 4.69) is 30.7 Å². The van der Waals surface area contributed by atoms with Gasteiger partial charge in [-0.25, -0.2) is 14.8 Å². The van der Waals surface area contributed by atoms with Gasteiger partial charge in [-0.15, -0.1) is 0 Å². The highest BCUT2D eigenvalue weighted by molar-refractivity contribution is 6.38. The molecule has 0 aliphatic rings. The Morgan fingerprint density at radius 1 is 1.21 bits per heavy atom. The predicted octanol–water partition coefficient (Wildman–Crippen LogP) is 3.61. The molecule has 2 amide bonds. The molecule has 4 aromatic rings. The summed E-state index contributed by atoms with van der Waals surface area (Å²) in [6.45, 7) is 1.94. The summed E-state index contributed by atoms with van der Waals surface area (Å²) in [7, 11) is 1.76. The van der Waals surface area contributed by atoms with Crippen molar-refractivity contribution in [1.29, 1.82) is 0 Å². The number of fused-ring (bicyclic) bond motifs is 1. The molecule has 29 heavy (non-hydrogen) atoms. The third-order valence-electron chi connectivity index (χ3n) is 4.36. The largest absolute Gasteiger partial charge is 0.383 e. The molecule has 0 unspecified atom stereocenters. The van der Waals surface area contributed by atoms with E-state index in [-0.39, 0.29) is 0 Å². The fraction of sp³-hybridized carbons (Fsp3) is 0.105. The number of nitrogens with zero attached hydrogens (tertiary/aromatic N) is 5. The Morgan fingerprint density at radius 3 is 2.76 bits per heavy atom. The Hall–Kier alpha value is -3.72. The van der Waals surface area contributed by atoms with Crippen LogP contribution in [-0.4, -0.2) is 30.8 Å². The first kappa shape index (κ1) is 18.6. The lowest BCUT2D eigenvalue weighted by atomic mass is 10.1. The summed E-state index contributed by atoms with van der Waals surface area (Å²) in [5.74, 6) is 0.613. The van der Waals surface area contributed by atoms with Crippen LogP contribution in [0.4, 0.5) is 22.1 Å². The van der Waals surface area contributed by atoms with E-state index in [1.165, 1.54) is 6.20 Å². The van der Waals surface area contributed by atoms with Crippen LogP contribution in [-0.2, 0) is 7.05 Å². The first-order chi connectivity index (χ1) is 13.9. The molecule has 0 saturated carbocycles. The van der Waals surface area contributed by atoms with Crippen LogP contribution in [0.15, 0.2) is 43.1 Å². The molecule has 4 rings (SSSR count). The van der Waals surface area contributed by atoms with E-state index in [9.17, 15) is 4.79 Å². The molecule has 0 aromatic carbocycles. The number of urea groups is 1. The fourth-order valence-corrected chi connectivity index (χ4v) is 3.22. The van der Waals surface area contributed by atoms with Crippen LogP contribution in [0.5, 0.6) is 0 Å². The number of anilines is 3. The van der Waals surface area contributed by atoms with E-state index >= 15 is 0 Å². The van der Waals surface area contributed by atoms with Crippen molar-refractivity contribution in [2.45, 2.75) is 6.92 Å². The van der Waals surface area contributed by atoms with Crippen molar-refractivity contribution in [1.82, 2.24) is 24.7 Å². The minimum absolute atomic E-state index is 0.293. The van der Waals surface area contributed by atoms with Crippen LogP contribution < -0.4 is 16.4 Å². The molecule has 0 aliphatic heterocycles. The molecular weight excluding hydrogens is 392 g/mol. The summed E-state index contributed by atoms with van der Waals surface area (Å²) in [4.78, 5) is 25.1. The van der Waals surface area contributed by atoms with Crippen molar-refractivity contribution < 1.29 is 4.79 Å². The summed E-state index contributed by atoms with van der Waals surface area (Å²) >= 11 is 6.65. The number of nitrogens with two attached hydrogens (primary N) is 1. The summed E-state index contributed by atoms with van der Waals surface area (Å²) in [6.07, 6.45) is 8.14. The van der Waals surface area contributed by atoms with Gasteiger partial charge < -0.3 is 11.1 Å². The van der Waals surface area contributed by atoms with E-state index < -0.39 is 6.03 Å². The third-order valence-corrected chi connectivity index (χ3v) is 4.74. The number of hydrogen-bond acceptors (Lipinski definition) is 6. The molecule has 0 atom stereocenters. The quantitative estimate of drug-likeness (QED) is 0.475. The summed E-state index contributed by atoms with van der Waals surface area (Å²) in [6, 6.07) is 3.08. The smallest absolute Gasteiger partial charge is 0.324 e. The van der Waals surface area contributed by atoms with Gasteiger partial charge in [0.2, 0.25) is 0 Å².